The van der Waals surface area contributed by atoms with Crippen molar-refractivity contribution in [2.75, 3.05) is 24.6 Å². The van der Waals surface area contributed by atoms with Crippen molar-refractivity contribution in [3.05, 3.63) is 0 Å². The highest BCUT2D eigenvalue weighted by atomic mass is 32.2. The number of nitrogens with zero attached hydrogens (tertiary/aromatic N) is 1. The van der Waals surface area contributed by atoms with Crippen LogP contribution in [0.4, 0.5) is 0 Å². The second-order valence-corrected chi connectivity index (χ2v) is 6.77. The summed E-state index contributed by atoms with van der Waals surface area (Å²) in [4.78, 5) is 12.5. The summed E-state index contributed by atoms with van der Waals surface area (Å²) in [5, 5.41) is 18.0. The molecule has 0 saturated carbocycles. The number of carboxylic acids is 1. The van der Waals surface area contributed by atoms with Crippen LogP contribution in [0.25, 0.3) is 0 Å². The van der Waals surface area contributed by atoms with Gasteiger partial charge in [-0.3, -0.25) is 9.69 Å². The van der Waals surface area contributed by atoms with Crippen LogP contribution in [-0.4, -0.2) is 66.2 Å². The summed E-state index contributed by atoms with van der Waals surface area (Å²) in [6, 6.07) is -0.468. The van der Waals surface area contributed by atoms with Crippen molar-refractivity contribution in [3.63, 3.8) is 0 Å². The Morgan fingerprint density at radius 2 is 2.18 bits per heavy atom. The Hall–Kier alpha value is -0.660. The Kier molecular flexibility index (Phi) is 4.91. The molecule has 1 rings (SSSR count). The van der Waals surface area contributed by atoms with E-state index in [-0.39, 0.29) is 17.9 Å². The number of aliphatic carboxylic acids is 1. The van der Waals surface area contributed by atoms with Crippen LogP contribution in [-0.2, 0) is 14.6 Å². The molecule has 6 nitrogen and oxygen atoms in total. The zero-order valence-electron chi connectivity index (χ0n) is 9.87. The van der Waals surface area contributed by atoms with Crippen LogP contribution < -0.4 is 0 Å². The molecule has 2 N–H and O–H groups in total. The first kappa shape index (κ1) is 14.4. The number of hydrogen-bond donors (Lipinski definition) is 2. The Morgan fingerprint density at radius 3 is 2.71 bits per heavy atom. The van der Waals surface area contributed by atoms with E-state index in [1.165, 1.54) is 0 Å². The molecule has 1 aliphatic heterocycles. The molecule has 7 heteroatoms. The maximum atomic E-state index is 11.5. The molecule has 100 valence electrons. The number of carbonyl (C=O) groups is 1. The number of rotatable bonds is 5. The minimum atomic E-state index is -3.12. The lowest BCUT2D eigenvalue weighted by molar-refractivity contribution is -0.138. The fraction of sp³-hybridized carbons (Fsp3) is 0.900. The van der Waals surface area contributed by atoms with E-state index >= 15 is 0 Å². The monoisotopic (exact) mass is 265 g/mol. The van der Waals surface area contributed by atoms with Gasteiger partial charge < -0.3 is 10.2 Å². The topological polar surface area (TPSA) is 94.9 Å². The summed E-state index contributed by atoms with van der Waals surface area (Å²) < 4.78 is 22.9. The van der Waals surface area contributed by atoms with Gasteiger partial charge in [0.15, 0.2) is 9.84 Å². The summed E-state index contributed by atoms with van der Waals surface area (Å²) in [5.41, 5.74) is 0. The van der Waals surface area contributed by atoms with Gasteiger partial charge in [-0.15, -0.1) is 0 Å². The fourth-order valence-corrected chi connectivity index (χ4v) is 3.55. The lowest BCUT2D eigenvalue weighted by atomic mass is 10.1. The molecule has 2 unspecified atom stereocenters. The van der Waals surface area contributed by atoms with E-state index in [1.807, 2.05) is 4.90 Å². The van der Waals surface area contributed by atoms with Gasteiger partial charge in [0.25, 0.3) is 0 Å². The van der Waals surface area contributed by atoms with E-state index in [1.54, 1.807) is 6.92 Å². The molecule has 0 aromatic heterocycles. The van der Waals surface area contributed by atoms with Gasteiger partial charge in [0, 0.05) is 19.1 Å². The molecule has 17 heavy (non-hydrogen) atoms. The van der Waals surface area contributed by atoms with Crippen molar-refractivity contribution < 1.29 is 23.4 Å². The van der Waals surface area contributed by atoms with Gasteiger partial charge in [0.05, 0.1) is 24.0 Å². The number of sulfone groups is 1. The van der Waals surface area contributed by atoms with Crippen LogP contribution in [0.5, 0.6) is 0 Å². The average molecular weight is 265 g/mol. The highest BCUT2D eigenvalue weighted by Gasteiger charge is 2.32. The lowest BCUT2D eigenvalue weighted by Gasteiger charge is -2.34. The zero-order chi connectivity index (χ0) is 13.1. The molecule has 0 bridgehead atoms. The second kappa shape index (κ2) is 5.79. The molecule has 0 radical (unpaired) electrons. The molecule has 0 aromatic carbocycles. The van der Waals surface area contributed by atoms with Crippen LogP contribution in [0.3, 0.4) is 0 Å². The first-order chi connectivity index (χ1) is 7.80. The molecule has 1 heterocycles. The highest BCUT2D eigenvalue weighted by molar-refractivity contribution is 7.91. The van der Waals surface area contributed by atoms with Gasteiger partial charge in [0.2, 0.25) is 0 Å². The van der Waals surface area contributed by atoms with Gasteiger partial charge in [-0.2, -0.15) is 0 Å². The SMILES string of the molecule is CC(O)CCN1CCS(=O)(=O)CC1CC(=O)O. The summed E-state index contributed by atoms with van der Waals surface area (Å²) in [6.45, 7) is 2.55. The molecular formula is C10H19NO5S. The Morgan fingerprint density at radius 1 is 1.53 bits per heavy atom. The van der Waals surface area contributed by atoms with Crippen LogP contribution >= 0.6 is 0 Å². The summed E-state index contributed by atoms with van der Waals surface area (Å²) in [5.74, 6) is -1.02. The average Bonchev–Trinajstić information content (AvgIpc) is 2.14. The predicted molar refractivity (Wildman–Crippen MR) is 62.6 cm³/mol. The van der Waals surface area contributed by atoms with E-state index in [0.29, 0.717) is 19.5 Å². The maximum Gasteiger partial charge on any atom is 0.304 e. The van der Waals surface area contributed by atoms with Gasteiger partial charge in [-0.1, -0.05) is 0 Å². The zero-order valence-corrected chi connectivity index (χ0v) is 10.7. The molecule has 0 aliphatic carbocycles. The molecule has 1 aliphatic rings. The quantitative estimate of drug-likeness (QED) is 0.684. The van der Waals surface area contributed by atoms with Gasteiger partial charge in [-0.05, 0) is 13.3 Å². The first-order valence-electron chi connectivity index (χ1n) is 5.64. The van der Waals surface area contributed by atoms with E-state index in [0.717, 1.165) is 0 Å². The van der Waals surface area contributed by atoms with Gasteiger partial charge >= 0.3 is 5.97 Å². The van der Waals surface area contributed by atoms with E-state index in [9.17, 15) is 18.3 Å². The normalized spacial score (nSPS) is 26.6. The summed E-state index contributed by atoms with van der Waals surface area (Å²) in [6.07, 6.45) is -0.103. The van der Waals surface area contributed by atoms with Gasteiger partial charge in [-0.25, -0.2) is 8.42 Å². The Balaban J connectivity index is 2.63. The van der Waals surface area contributed by atoms with Gasteiger partial charge in [0.1, 0.15) is 0 Å². The lowest BCUT2D eigenvalue weighted by Crippen LogP contribution is -2.49. The molecule has 2 atom stereocenters. The van der Waals surface area contributed by atoms with Crippen molar-refractivity contribution in [2.24, 2.45) is 0 Å². The molecule has 1 saturated heterocycles. The van der Waals surface area contributed by atoms with Crippen molar-refractivity contribution in [2.45, 2.75) is 31.9 Å². The molecule has 0 amide bonds. The number of carboxylic acid groups (broad SMARTS) is 1. The minimum Gasteiger partial charge on any atom is -0.481 e. The van der Waals surface area contributed by atoms with E-state index < -0.39 is 28.0 Å². The number of hydrogen-bond acceptors (Lipinski definition) is 5. The molecular weight excluding hydrogens is 246 g/mol. The maximum absolute atomic E-state index is 11.5. The minimum absolute atomic E-state index is 0.0723. The second-order valence-electron chi connectivity index (χ2n) is 4.54. The number of aliphatic hydroxyl groups excluding tert-OH is 1. The summed E-state index contributed by atoms with van der Waals surface area (Å²) in [7, 11) is -3.12. The Bertz CT molecular complexity index is 365. The third-order valence-corrected chi connectivity index (χ3v) is 4.59. The molecule has 1 fully saturated rings. The van der Waals surface area contributed by atoms with Crippen LogP contribution in [0.2, 0.25) is 0 Å². The van der Waals surface area contributed by atoms with E-state index in [4.69, 9.17) is 5.11 Å². The predicted octanol–water partition coefficient (Wildman–Crippen LogP) is -0.669. The van der Waals surface area contributed by atoms with Crippen molar-refractivity contribution in [1.82, 2.24) is 4.90 Å². The highest BCUT2D eigenvalue weighted by Crippen LogP contribution is 2.15. The van der Waals surface area contributed by atoms with Crippen molar-refractivity contribution in [3.8, 4) is 0 Å². The van der Waals surface area contributed by atoms with Crippen LogP contribution in [0.15, 0.2) is 0 Å². The Labute approximate surface area is 101 Å². The van der Waals surface area contributed by atoms with Crippen molar-refractivity contribution in [1.29, 1.82) is 0 Å². The van der Waals surface area contributed by atoms with Crippen LogP contribution in [0, 0.1) is 0 Å². The standard InChI is InChI=1S/C10H19NO5S/c1-8(12)2-3-11-4-5-17(15,16)7-9(11)6-10(13)14/h8-9,12H,2-7H2,1H3,(H,13,14). The van der Waals surface area contributed by atoms with Crippen LogP contribution in [0.1, 0.15) is 19.8 Å². The third-order valence-electron chi connectivity index (χ3n) is 2.90. The third kappa shape index (κ3) is 5.01. The largest absolute Gasteiger partial charge is 0.481 e. The number of aliphatic hydroxyl groups is 1. The fourth-order valence-electron chi connectivity index (χ4n) is 1.96. The van der Waals surface area contributed by atoms with E-state index in [2.05, 4.69) is 0 Å². The molecule has 0 aromatic rings. The molecule has 0 spiro atoms. The summed E-state index contributed by atoms with van der Waals surface area (Å²) >= 11 is 0. The van der Waals surface area contributed by atoms with Crippen molar-refractivity contribution >= 4 is 15.8 Å². The first-order valence-corrected chi connectivity index (χ1v) is 7.46. The smallest absolute Gasteiger partial charge is 0.304 e.